The van der Waals surface area contributed by atoms with E-state index in [0.717, 1.165) is 0 Å². The predicted octanol–water partition coefficient (Wildman–Crippen LogP) is 5.48. The van der Waals surface area contributed by atoms with Gasteiger partial charge in [0, 0.05) is 21.5 Å². The Labute approximate surface area is 163 Å². The number of carbonyl (C=O) groups is 2. The normalized spacial score (nSPS) is 10.1. The lowest BCUT2D eigenvalue weighted by Crippen LogP contribution is -2.19. The summed E-state index contributed by atoms with van der Waals surface area (Å²) in [7, 11) is 0. The first-order valence-electron chi connectivity index (χ1n) is 8.01. The first kappa shape index (κ1) is 18.6. The van der Waals surface area contributed by atoms with E-state index in [1.807, 2.05) is 18.2 Å². The number of nitrogens with one attached hydrogen (secondary N) is 3. The number of halogens is 2. The van der Waals surface area contributed by atoms with Crippen molar-refractivity contribution in [2.24, 2.45) is 0 Å². The first-order valence-corrected chi connectivity index (χ1v) is 8.80. The molecule has 0 unspecified atom stereocenters. The van der Waals surface area contributed by atoms with E-state index in [-0.39, 0.29) is 5.56 Å². The second-order valence-electron chi connectivity index (χ2n) is 5.60. The van der Waals surface area contributed by atoms with Crippen molar-refractivity contribution in [3.05, 3.63) is 88.6 Å². The van der Waals surface area contributed by atoms with Crippen LogP contribution in [0.5, 0.6) is 0 Å². The molecule has 0 spiro atoms. The minimum Gasteiger partial charge on any atom is -0.322 e. The molecule has 0 saturated carbocycles. The molecule has 3 amide bonds. The fraction of sp³-hybridized carbons (Fsp3) is 0. The van der Waals surface area contributed by atoms with Gasteiger partial charge in [0.25, 0.3) is 5.91 Å². The average Bonchev–Trinajstić information content (AvgIpc) is 2.62. The quantitative estimate of drug-likeness (QED) is 0.515. The van der Waals surface area contributed by atoms with Crippen LogP contribution in [0.15, 0.2) is 77.3 Å². The number of urea groups is 1. The summed E-state index contributed by atoms with van der Waals surface area (Å²) < 4.78 is 14.5. The molecule has 0 radical (unpaired) electrons. The van der Waals surface area contributed by atoms with E-state index >= 15 is 0 Å². The molecule has 0 fully saturated rings. The molecule has 0 aliphatic heterocycles. The molecule has 3 aromatic rings. The SMILES string of the molecule is O=C(Nc1ccccc1)Nc1cccc(NC(=O)c2ccc(Br)cc2F)c1. The van der Waals surface area contributed by atoms with E-state index in [1.165, 1.54) is 12.1 Å². The summed E-state index contributed by atoms with van der Waals surface area (Å²) in [6, 6.07) is 19.4. The zero-order valence-electron chi connectivity index (χ0n) is 14.0. The minimum atomic E-state index is -0.626. The Hall–Kier alpha value is -3.19. The average molecular weight is 428 g/mol. The molecule has 3 N–H and O–H groups in total. The summed E-state index contributed by atoms with van der Waals surface area (Å²) in [6.45, 7) is 0. The molecular weight excluding hydrogens is 413 g/mol. The predicted molar refractivity (Wildman–Crippen MR) is 108 cm³/mol. The van der Waals surface area contributed by atoms with Crippen LogP contribution in [0, 0.1) is 5.82 Å². The lowest BCUT2D eigenvalue weighted by atomic mass is 10.2. The Morgan fingerprint density at radius 1 is 0.741 bits per heavy atom. The monoisotopic (exact) mass is 427 g/mol. The third-order valence-electron chi connectivity index (χ3n) is 3.59. The molecule has 27 heavy (non-hydrogen) atoms. The van der Waals surface area contributed by atoms with Crippen molar-refractivity contribution in [2.45, 2.75) is 0 Å². The first-order chi connectivity index (χ1) is 13.0. The number of rotatable bonds is 4. The molecule has 136 valence electrons. The number of hydrogen-bond acceptors (Lipinski definition) is 2. The van der Waals surface area contributed by atoms with Gasteiger partial charge in [0.15, 0.2) is 0 Å². The van der Waals surface area contributed by atoms with E-state index < -0.39 is 17.8 Å². The highest BCUT2D eigenvalue weighted by atomic mass is 79.9. The van der Waals surface area contributed by atoms with Crippen molar-refractivity contribution in [3.63, 3.8) is 0 Å². The van der Waals surface area contributed by atoms with Crippen LogP contribution < -0.4 is 16.0 Å². The Kier molecular flexibility index (Phi) is 5.83. The third-order valence-corrected chi connectivity index (χ3v) is 4.08. The largest absolute Gasteiger partial charge is 0.323 e. The number of para-hydroxylation sites is 1. The Balaban J connectivity index is 1.66. The van der Waals surface area contributed by atoms with Crippen LogP contribution in [-0.2, 0) is 0 Å². The minimum absolute atomic E-state index is 0.0709. The van der Waals surface area contributed by atoms with Gasteiger partial charge in [-0.3, -0.25) is 4.79 Å². The molecule has 3 aromatic carbocycles. The lowest BCUT2D eigenvalue weighted by Gasteiger charge is -2.10. The van der Waals surface area contributed by atoms with E-state index in [1.54, 1.807) is 42.5 Å². The number of carbonyl (C=O) groups excluding carboxylic acids is 2. The molecular formula is C20H15BrFN3O2. The Morgan fingerprint density at radius 2 is 1.37 bits per heavy atom. The molecule has 0 saturated heterocycles. The van der Waals surface area contributed by atoms with Crippen LogP contribution >= 0.6 is 15.9 Å². The van der Waals surface area contributed by atoms with Gasteiger partial charge in [-0.1, -0.05) is 40.2 Å². The summed E-state index contributed by atoms with van der Waals surface area (Å²) >= 11 is 3.15. The van der Waals surface area contributed by atoms with Crippen LogP contribution in [0.1, 0.15) is 10.4 Å². The number of benzene rings is 3. The fourth-order valence-corrected chi connectivity index (χ4v) is 2.69. The summed E-state index contributed by atoms with van der Waals surface area (Å²) in [5.74, 6) is -1.20. The summed E-state index contributed by atoms with van der Waals surface area (Å²) in [6.07, 6.45) is 0. The molecule has 0 aliphatic rings. The molecule has 7 heteroatoms. The van der Waals surface area contributed by atoms with Gasteiger partial charge < -0.3 is 16.0 Å². The van der Waals surface area contributed by atoms with Crippen molar-refractivity contribution in [1.29, 1.82) is 0 Å². The highest BCUT2D eigenvalue weighted by Crippen LogP contribution is 2.19. The topological polar surface area (TPSA) is 70.2 Å². The van der Waals surface area contributed by atoms with Crippen LogP contribution in [0.3, 0.4) is 0 Å². The molecule has 0 atom stereocenters. The highest BCUT2D eigenvalue weighted by molar-refractivity contribution is 9.10. The molecule has 0 aliphatic carbocycles. The van der Waals surface area contributed by atoms with E-state index in [9.17, 15) is 14.0 Å². The summed E-state index contributed by atoms with van der Waals surface area (Å²) in [5, 5.41) is 7.99. The van der Waals surface area contributed by atoms with Crippen molar-refractivity contribution >= 4 is 44.9 Å². The van der Waals surface area contributed by atoms with Crippen molar-refractivity contribution < 1.29 is 14.0 Å². The van der Waals surface area contributed by atoms with Crippen LogP contribution in [-0.4, -0.2) is 11.9 Å². The van der Waals surface area contributed by atoms with Gasteiger partial charge in [0.05, 0.1) is 5.56 Å². The number of amides is 3. The van der Waals surface area contributed by atoms with Gasteiger partial charge in [0.1, 0.15) is 5.82 Å². The smallest absolute Gasteiger partial charge is 0.322 e. The second kappa shape index (κ2) is 8.46. The van der Waals surface area contributed by atoms with Gasteiger partial charge in [-0.05, 0) is 48.5 Å². The summed E-state index contributed by atoms with van der Waals surface area (Å²) in [5.41, 5.74) is 1.50. The maximum absolute atomic E-state index is 13.9. The van der Waals surface area contributed by atoms with E-state index in [4.69, 9.17) is 0 Å². The lowest BCUT2D eigenvalue weighted by molar-refractivity contribution is 0.102. The van der Waals surface area contributed by atoms with Crippen LogP contribution in [0.25, 0.3) is 0 Å². The van der Waals surface area contributed by atoms with Gasteiger partial charge in [-0.15, -0.1) is 0 Å². The van der Waals surface area contributed by atoms with Crippen molar-refractivity contribution in [2.75, 3.05) is 16.0 Å². The second-order valence-corrected chi connectivity index (χ2v) is 6.52. The molecule has 5 nitrogen and oxygen atoms in total. The standard InChI is InChI=1S/C20H15BrFN3O2/c21-13-9-10-17(18(22)11-13)19(26)23-15-7-4-8-16(12-15)25-20(27)24-14-5-2-1-3-6-14/h1-12H,(H,23,26)(H2,24,25,27). The van der Waals surface area contributed by atoms with Crippen LogP contribution in [0.2, 0.25) is 0 Å². The zero-order chi connectivity index (χ0) is 19.2. The van der Waals surface area contributed by atoms with E-state index in [0.29, 0.717) is 21.5 Å². The molecule has 0 bridgehead atoms. The van der Waals surface area contributed by atoms with Crippen molar-refractivity contribution in [3.8, 4) is 0 Å². The van der Waals surface area contributed by atoms with E-state index in [2.05, 4.69) is 31.9 Å². The number of hydrogen-bond donors (Lipinski definition) is 3. The van der Waals surface area contributed by atoms with Crippen LogP contribution in [0.4, 0.5) is 26.2 Å². The maximum atomic E-state index is 13.9. The summed E-state index contributed by atoms with van der Waals surface area (Å²) in [4.78, 5) is 24.3. The Morgan fingerprint density at radius 3 is 2.07 bits per heavy atom. The van der Waals surface area contributed by atoms with Gasteiger partial charge >= 0.3 is 6.03 Å². The number of anilines is 3. The highest BCUT2D eigenvalue weighted by Gasteiger charge is 2.12. The maximum Gasteiger partial charge on any atom is 0.323 e. The van der Waals surface area contributed by atoms with Gasteiger partial charge in [-0.25, -0.2) is 9.18 Å². The Bertz CT molecular complexity index is 980. The van der Waals surface area contributed by atoms with Gasteiger partial charge in [-0.2, -0.15) is 0 Å². The molecule has 0 aromatic heterocycles. The molecule has 0 heterocycles. The van der Waals surface area contributed by atoms with Crippen molar-refractivity contribution in [1.82, 2.24) is 0 Å². The zero-order valence-corrected chi connectivity index (χ0v) is 15.6. The van der Waals surface area contributed by atoms with Gasteiger partial charge in [0.2, 0.25) is 0 Å². The third kappa shape index (κ3) is 5.15. The fourth-order valence-electron chi connectivity index (χ4n) is 2.36. The molecule has 3 rings (SSSR count).